The van der Waals surface area contributed by atoms with Crippen molar-refractivity contribution < 1.29 is 14.7 Å². The average Bonchev–Trinajstić information content (AvgIpc) is 3.05. The minimum absolute atomic E-state index is 0.00320. The van der Waals surface area contributed by atoms with Crippen molar-refractivity contribution in [2.45, 2.75) is 26.2 Å². The van der Waals surface area contributed by atoms with Crippen LogP contribution in [0.1, 0.15) is 26.2 Å². The molecule has 1 aliphatic carbocycles. The quantitative estimate of drug-likeness (QED) is 0.744. The van der Waals surface area contributed by atoms with Crippen LogP contribution < -0.4 is 0 Å². The summed E-state index contributed by atoms with van der Waals surface area (Å²) in [7, 11) is 1.65. The van der Waals surface area contributed by atoms with Gasteiger partial charge in [-0.2, -0.15) is 0 Å². The van der Waals surface area contributed by atoms with Gasteiger partial charge in [0.1, 0.15) is 0 Å². The van der Waals surface area contributed by atoms with Crippen molar-refractivity contribution in [1.82, 2.24) is 9.80 Å². The van der Waals surface area contributed by atoms with E-state index in [1.165, 1.54) is 17.7 Å². The molecule has 0 aromatic rings. The number of hydrogen-bond donors (Lipinski definition) is 1. The van der Waals surface area contributed by atoms with Gasteiger partial charge in [0.25, 0.3) is 0 Å². The predicted octanol–water partition coefficient (Wildman–Crippen LogP) is 1.24. The first-order chi connectivity index (χ1) is 7.54. The van der Waals surface area contributed by atoms with Gasteiger partial charge in [-0.05, 0) is 25.7 Å². The third kappa shape index (κ3) is 4.08. The van der Waals surface area contributed by atoms with E-state index in [1.807, 2.05) is 6.92 Å². The number of hydrogen-bond acceptors (Lipinski definition) is 2. The number of carboxylic acid groups (broad SMARTS) is 1. The van der Waals surface area contributed by atoms with Gasteiger partial charge in [0.05, 0.1) is 6.42 Å². The highest BCUT2D eigenvalue weighted by Crippen LogP contribution is 2.29. The van der Waals surface area contributed by atoms with Crippen molar-refractivity contribution in [3.63, 3.8) is 0 Å². The summed E-state index contributed by atoms with van der Waals surface area (Å²) in [4.78, 5) is 25.6. The second-order valence-corrected chi connectivity index (χ2v) is 4.33. The topological polar surface area (TPSA) is 60.9 Å². The summed E-state index contributed by atoms with van der Waals surface area (Å²) in [5.41, 5.74) is 0. The lowest BCUT2D eigenvalue weighted by molar-refractivity contribution is -0.137. The van der Waals surface area contributed by atoms with Crippen LogP contribution in [0.2, 0.25) is 0 Å². The first-order valence-electron chi connectivity index (χ1n) is 5.76. The molecule has 1 fully saturated rings. The monoisotopic (exact) mass is 228 g/mol. The molecule has 5 nitrogen and oxygen atoms in total. The van der Waals surface area contributed by atoms with Gasteiger partial charge in [-0.3, -0.25) is 4.79 Å². The molecule has 0 saturated heterocycles. The van der Waals surface area contributed by atoms with Crippen molar-refractivity contribution in [1.29, 1.82) is 0 Å². The molecule has 16 heavy (non-hydrogen) atoms. The van der Waals surface area contributed by atoms with E-state index in [2.05, 4.69) is 0 Å². The molecule has 0 aromatic carbocycles. The summed E-state index contributed by atoms with van der Waals surface area (Å²) >= 11 is 0. The molecular weight excluding hydrogens is 208 g/mol. The molecule has 5 heteroatoms. The Labute approximate surface area is 96.0 Å². The van der Waals surface area contributed by atoms with E-state index in [-0.39, 0.29) is 19.0 Å². The Morgan fingerprint density at radius 1 is 1.38 bits per heavy atom. The highest BCUT2D eigenvalue weighted by molar-refractivity contribution is 5.75. The molecule has 0 spiro atoms. The van der Waals surface area contributed by atoms with Crippen LogP contribution in [0.3, 0.4) is 0 Å². The van der Waals surface area contributed by atoms with Crippen molar-refractivity contribution in [3.05, 3.63) is 0 Å². The number of nitrogens with zero attached hydrogens (tertiary/aromatic N) is 2. The lowest BCUT2D eigenvalue weighted by Gasteiger charge is -2.26. The number of urea groups is 1. The summed E-state index contributed by atoms with van der Waals surface area (Å²) in [6.45, 7) is 3.72. The van der Waals surface area contributed by atoms with Gasteiger partial charge >= 0.3 is 12.0 Å². The largest absolute Gasteiger partial charge is 0.481 e. The second-order valence-electron chi connectivity index (χ2n) is 4.33. The number of carbonyl (C=O) groups is 2. The zero-order valence-corrected chi connectivity index (χ0v) is 9.98. The Hall–Kier alpha value is -1.26. The van der Waals surface area contributed by atoms with E-state index in [0.717, 1.165) is 6.54 Å². The van der Waals surface area contributed by atoms with E-state index in [9.17, 15) is 9.59 Å². The number of carboxylic acids is 1. The van der Waals surface area contributed by atoms with Crippen molar-refractivity contribution in [2.24, 2.45) is 5.92 Å². The summed E-state index contributed by atoms with van der Waals surface area (Å²) < 4.78 is 0. The molecule has 1 saturated carbocycles. The minimum atomic E-state index is -0.870. The third-order valence-corrected chi connectivity index (χ3v) is 2.82. The second kappa shape index (κ2) is 5.72. The summed E-state index contributed by atoms with van der Waals surface area (Å²) in [5.74, 6) is -0.207. The van der Waals surface area contributed by atoms with Crippen molar-refractivity contribution in [2.75, 3.05) is 26.7 Å². The maximum absolute atomic E-state index is 11.9. The normalized spacial score (nSPS) is 14.6. The maximum atomic E-state index is 11.9. The van der Waals surface area contributed by atoms with Gasteiger partial charge in [-0.15, -0.1) is 0 Å². The molecule has 0 radical (unpaired) electrons. The van der Waals surface area contributed by atoms with Gasteiger partial charge < -0.3 is 14.9 Å². The summed E-state index contributed by atoms with van der Waals surface area (Å²) in [6, 6.07) is -0.0596. The van der Waals surface area contributed by atoms with E-state index >= 15 is 0 Å². The fourth-order valence-electron chi connectivity index (χ4n) is 1.55. The zero-order valence-electron chi connectivity index (χ0n) is 9.98. The molecule has 1 aliphatic rings. The SMILES string of the molecule is CCN(CC1CC1)C(=O)N(C)CCC(=O)O. The standard InChI is InChI=1S/C11H20N2O3/c1-3-13(8-9-4-5-9)11(16)12(2)7-6-10(14)15/h9H,3-8H2,1-2H3,(H,14,15). The smallest absolute Gasteiger partial charge is 0.319 e. The number of amides is 2. The number of rotatable bonds is 6. The van der Waals surface area contributed by atoms with Crippen LogP contribution in [0.15, 0.2) is 0 Å². The van der Waals surface area contributed by atoms with E-state index < -0.39 is 5.97 Å². The number of aliphatic carboxylic acids is 1. The minimum Gasteiger partial charge on any atom is -0.481 e. The fourth-order valence-corrected chi connectivity index (χ4v) is 1.55. The molecular formula is C11H20N2O3. The van der Waals surface area contributed by atoms with Crippen LogP contribution in [-0.2, 0) is 4.79 Å². The number of carbonyl (C=O) groups excluding carboxylic acids is 1. The Kier molecular flexibility index (Phi) is 4.58. The molecule has 0 aliphatic heterocycles. The molecule has 2 amide bonds. The van der Waals surface area contributed by atoms with Crippen LogP contribution in [0.5, 0.6) is 0 Å². The third-order valence-electron chi connectivity index (χ3n) is 2.82. The Morgan fingerprint density at radius 2 is 2.00 bits per heavy atom. The predicted molar refractivity (Wildman–Crippen MR) is 60.2 cm³/mol. The van der Waals surface area contributed by atoms with Crippen molar-refractivity contribution in [3.8, 4) is 0 Å². The van der Waals surface area contributed by atoms with Gasteiger partial charge in [0.2, 0.25) is 0 Å². The van der Waals surface area contributed by atoms with E-state index in [0.29, 0.717) is 12.5 Å². The molecule has 1 N–H and O–H groups in total. The fraction of sp³-hybridized carbons (Fsp3) is 0.818. The Morgan fingerprint density at radius 3 is 2.44 bits per heavy atom. The van der Waals surface area contributed by atoms with Crippen LogP contribution in [0.4, 0.5) is 4.79 Å². The molecule has 0 bridgehead atoms. The molecule has 0 heterocycles. The van der Waals surface area contributed by atoms with Crippen LogP contribution in [0.25, 0.3) is 0 Å². The molecule has 0 atom stereocenters. The maximum Gasteiger partial charge on any atom is 0.319 e. The van der Waals surface area contributed by atoms with Gasteiger partial charge in [0.15, 0.2) is 0 Å². The zero-order chi connectivity index (χ0) is 12.1. The van der Waals surface area contributed by atoms with Crippen LogP contribution >= 0.6 is 0 Å². The average molecular weight is 228 g/mol. The Balaban J connectivity index is 2.36. The van der Waals surface area contributed by atoms with Crippen molar-refractivity contribution >= 4 is 12.0 Å². The van der Waals surface area contributed by atoms with Gasteiger partial charge in [0, 0.05) is 26.7 Å². The highest BCUT2D eigenvalue weighted by atomic mass is 16.4. The van der Waals surface area contributed by atoms with Crippen LogP contribution in [0, 0.1) is 5.92 Å². The first-order valence-corrected chi connectivity index (χ1v) is 5.76. The summed E-state index contributed by atoms with van der Waals surface area (Å²) in [6.07, 6.45) is 2.43. The molecule has 1 rings (SSSR count). The highest BCUT2D eigenvalue weighted by Gasteiger charge is 2.27. The van der Waals surface area contributed by atoms with E-state index in [1.54, 1.807) is 11.9 Å². The van der Waals surface area contributed by atoms with E-state index in [4.69, 9.17) is 5.11 Å². The van der Waals surface area contributed by atoms with Gasteiger partial charge in [-0.25, -0.2) is 4.79 Å². The Bertz CT molecular complexity index is 264. The van der Waals surface area contributed by atoms with Crippen LogP contribution in [-0.4, -0.2) is 53.6 Å². The first kappa shape index (κ1) is 12.8. The molecule has 0 aromatic heterocycles. The lowest BCUT2D eigenvalue weighted by Crippen LogP contribution is -2.42. The molecule has 0 unspecified atom stereocenters. The molecule has 92 valence electrons. The summed E-state index contributed by atoms with van der Waals surface area (Å²) in [5, 5.41) is 8.54. The van der Waals surface area contributed by atoms with Gasteiger partial charge in [-0.1, -0.05) is 0 Å². The lowest BCUT2D eigenvalue weighted by atomic mass is 10.3.